The fourth-order valence-corrected chi connectivity index (χ4v) is 3.82. The van der Waals surface area contributed by atoms with E-state index in [4.69, 9.17) is 0 Å². The van der Waals surface area contributed by atoms with Crippen LogP contribution in [0.5, 0.6) is 0 Å². The van der Waals surface area contributed by atoms with Gasteiger partial charge in [0.05, 0.1) is 0 Å². The van der Waals surface area contributed by atoms with Gasteiger partial charge in [-0.2, -0.15) is 0 Å². The number of likely N-dealkylation sites (tertiary alicyclic amines) is 1. The molecule has 27 heavy (non-hydrogen) atoms. The Kier molecular flexibility index (Phi) is 9.32. The fourth-order valence-electron chi connectivity index (χ4n) is 3.82. The monoisotopic (exact) mass is 485 g/mol. The van der Waals surface area contributed by atoms with E-state index in [0.29, 0.717) is 6.04 Å². The smallest absolute Gasteiger partial charge is 0.191 e. The number of guanidine groups is 1. The lowest BCUT2D eigenvalue weighted by Crippen LogP contribution is -2.45. The molecule has 0 bridgehead atoms. The fraction of sp³-hybridized carbons (Fsp3) is 0.667. The molecule has 0 spiro atoms. The third-order valence-electron chi connectivity index (χ3n) is 5.62. The van der Waals surface area contributed by atoms with Crippen molar-refractivity contribution in [2.24, 2.45) is 10.9 Å². The molecule has 1 heterocycles. The van der Waals surface area contributed by atoms with Gasteiger partial charge < -0.3 is 15.5 Å². The molecule has 2 aliphatic rings. The van der Waals surface area contributed by atoms with Crippen LogP contribution in [0.15, 0.2) is 29.3 Å². The first-order valence-corrected chi connectivity index (χ1v) is 10.1. The van der Waals surface area contributed by atoms with Crippen molar-refractivity contribution in [1.82, 2.24) is 20.4 Å². The van der Waals surface area contributed by atoms with E-state index in [1.54, 1.807) is 0 Å². The van der Waals surface area contributed by atoms with Crippen LogP contribution in [0, 0.1) is 5.92 Å². The number of nitrogens with one attached hydrogen (secondary N) is 2. The van der Waals surface area contributed by atoms with Gasteiger partial charge in [-0.15, -0.1) is 24.0 Å². The average molecular weight is 485 g/mol. The van der Waals surface area contributed by atoms with E-state index in [2.05, 4.69) is 63.8 Å². The van der Waals surface area contributed by atoms with Gasteiger partial charge in [-0.3, -0.25) is 9.89 Å². The Labute approximate surface area is 182 Å². The van der Waals surface area contributed by atoms with Crippen molar-refractivity contribution in [2.75, 3.05) is 40.8 Å². The maximum absolute atomic E-state index is 4.37. The van der Waals surface area contributed by atoms with Crippen LogP contribution in [0.3, 0.4) is 0 Å². The Morgan fingerprint density at radius 2 is 1.74 bits per heavy atom. The summed E-state index contributed by atoms with van der Waals surface area (Å²) in [4.78, 5) is 9.24. The molecular formula is C21H36IN5. The summed E-state index contributed by atoms with van der Waals surface area (Å²) in [5.41, 5.74) is 2.71. The molecule has 1 atom stereocenters. The Balaban J connectivity index is 0.00000261. The first kappa shape index (κ1) is 22.4. The average Bonchev–Trinajstić information content (AvgIpc) is 3.34. The summed E-state index contributed by atoms with van der Waals surface area (Å²) in [6.07, 6.45) is 5.42. The lowest BCUT2D eigenvalue weighted by molar-refractivity contribution is 0.264. The van der Waals surface area contributed by atoms with Crippen LogP contribution < -0.4 is 10.6 Å². The Morgan fingerprint density at radius 1 is 1.11 bits per heavy atom. The number of aliphatic imine (C=N–C) groups is 1. The first-order valence-electron chi connectivity index (χ1n) is 10.1. The second-order valence-corrected chi connectivity index (χ2v) is 7.97. The molecule has 1 unspecified atom stereocenters. The molecule has 2 N–H and O–H groups in total. The van der Waals surface area contributed by atoms with Crippen LogP contribution in [0.2, 0.25) is 0 Å². The maximum Gasteiger partial charge on any atom is 0.191 e. The summed E-state index contributed by atoms with van der Waals surface area (Å²) in [6, 6.07) is 9.59. The molecule has 6 heteroatoms. The van der Waals surface area contributed by atoms with Crippen molar-refractivity contribution in [2.45, 2.75) is 44.8 Å². The predicted octanol–water partition coefficient (Wildman–Crippen LogP) is 2.91. The van der Waals surface area contributed by atoms with Gasteiger partial charge in [0, 0.05) is 32.7 Å². The highest BCUT2D eigenvalue weighted by Crippen LogP contribution is 2.34. The summed E-state index contributed by atoms with van der Waals surface area (Å²) in [7, 11) is 6.19. The van der Waals surface area contributed by atoms with Gasteiger partial charge in [-0.05, 0) is 69.9 Å². The molecule has 1 aromatic carbocycles. The number of hydrogen-bond acceptors (Lipinski definition) is 3. The van der Waals surface area contributed by atoms with E-state index in [1.165, 1.54) is 49.9 Å². The van der Waals surface area contributed by atoms with Gasteiger partial charge in [0.15, 0.2) is 5.96 Å². The van der Waals surface area contributed by atoms with Crippen LogP contribution in [-0.4, -0.2) is 62.6 Å². The molecule has 1 saturated heterocycles. The van der Waals surface area contributed by atoms with Crippen molar-refractivity contribution in [3.05, 3.63) is 35.4 Å². The Bertz CT molecular complexity index is 575. The van der Waals surface area contributed by atoms with Gasteiger partial charge in [0.25, 0.3) is 0 Å². The number of benzene rings is 1. The highest BCUT2D eigenvalue weighted by atomic mass is 127. The SMILES string of the molecule is CN=C(NCc1ccc(CN2CCCC2)cc1)NCC(C1CC1)N(C)C.I. The van der Waals surface area contributed by atoms with Gasteiger partial charge in [0.1, 0.15) is 0 Å². The van der Waals surface area contributed by atoms with Crippen LogP contribution in [0.4, 0.5) is 0 Å². The highest BCUT2D eigenvalue weighted by Gasteiger charge is 2.32. The zero-order valence-electron chi connectivity index (χ0n) is 17.1. The van der Waals surface area contributed by atoms with Crippen molar-refractivity contribution < 1.29 is 0 Å². The van der Waals surface area contributed by atoms with Crippen LogP contribution in [0.1, 0.15) is 36.8 Å². The molecule has 1 aromatic rings. The van der Waals surface area contributed by atoms with Gasteiger partial charge in [0.2, 0.25) is 0 Å². The van der Waals surface area contributed by atoms with Crippen LogP contribution >= 0.6 is 24.0 Å². The van der Waals surface area contributed by atoms with Crippen LogP contribution in [-0.2, 0) is 13.1 Å². The molecule has 0 aromatic heterocycles. The van der Waals surface area contributed by atoms with E-state index >= 15 is 0 Å². The Morgan fingerprint density at radius 3 is 2.30 bits per heavy atom. The minimum Gasteiger partial charge on any atom is -0.355 e. The van der Waals surface area contributed by atoms with Crippen molar-refractivity contribution in [3.8, 4) is 0 Å². The molecule has 5 nitrogen and oxygen atoms in total. The molecule has 3 rings (SSSR count). The largest absolute Gasteiger partial charge is 0.355 e. The lowest BCUT2D eigenvalue weighted by atomic mass is 10.1. The standard InChI is InChI=1S/C21H35N5.HI/c1-22-21(24-15-20(25(2)3)19-10-11-19)23-14-17-6-8-18(9-7-17)16-26-12-4-5-13-26;/h6-9,19-20H,4-5,10-16H2,1-3H3,(H2,22,23,24);1H. The Hall–Kier alpha value is -0.860. The lowest BCUT2D eigenvalue weighted by Gasteiger charge is -2.25. The molecule has 152 valence electrons. The van der Waals surface area contributed by atoms with E-state index in [9.17, 15) is 0 Å². The summed E-state index contributed by atoms with van der Waals surface area (Å²) < 4.78 is 0. The summed E-state index contributed by atoms with van der Waals surface area (Å²) >= 11 is 0. The highest BCUT2D eigenvalue weighted by molar-refractivity contribution is 14.0. The van der Waals surface area contributed by atoms with Gasteiger partial charge in [-0.1, -0.05) is 24.3 Å². The topological polar surface area (TPSA) is 42.9 Å². The zero-order valence-corrected chi connectivity index (χ0v) is 19.4. The third-order valence-corrected chi connectivity index (χ3v) is 5.62. The molecule has 0 radical (unpaired) electrons. The first-order chi connectivity index (χ1) is 12.7. The third kappa shape index (κ3) is 7.23. The summed E-state index contributed by atoms with van der Waals surface area (Å²) in [6.45, 7) is 5.34. The molecule has 1 saturated carbocycles. The van der Waals surface area contributed by atoms with E-state index in [0.717, 1.165) is 31.5 Å². The number of rotatable bonds is 8. The quantitative estimate of drug-likeness (QED) is 0.338. The molecule has 1 aliphatic heterocycles. The molecule has 2 fully saturated rings. The summed E-state index contributed by atoms with van der Waals surface area (Å²) in [5.74, 6) is 1.73. The molecular weight excluding hydrogens is 449 g/mol. The second-order valence-electron chi connectivity index (χ2n) is 7.97. The van der Waals surface area contributed by atoms with Gasteiger partial charge >= 0.3 is 0 Å². The van der Waals surface area contributed by atoms with Crippen molar-refractivity contribution in [1.29, 1.82) is 0 Å². The molecule has 1 aliphatic carbocycles. The normalized spacial score (nSPS) is 19.0. The van der Waals surface area contributed by atoms with E-state index < -0.39 is 0 Å². The molecule has 0 amide bonds. The van der Waals surface area contributed by atoms with Crippen molar-refractivity contribution in [3.63, 3.8) is 0 Å². The zero-order chi connectivity index (χ0) is 18.4. The number of hydrogen-bond donors (Lipinski definition) is 2. The minimum atomic E-state index is 0. The van der Waals surface area contributed by atoms with Crippen LogP contribution in [0.25, 0.3) is 0 Å². The van der Waals surface area contributed by atoms with E-state index in [1.807, 2.05) is 7.05 Å². The summed E-state index contributed by atoms with van der Waals surface area (Å²) in [5, 5.41) is 6.93. The minimum absolute atomic E-state index is 0. The number of nitrogens with zero attached hydrogens (tertiary/aromatic N) is 3. The number of likely N-dealkylation sites (N-methyl/N-ethyl adjacent to an activating group) is 1. The maximum atomic E-state index is 4.37. The number of halogens is 1. The second kappa shape index (κ2) is 11.2. The van der Waals surface area contributed by atoms with Gasteiger partial charge in [-0.25, -0.2) is 0 Å². The van der Waals surface area contributed by atoms with E-state index in [-0.39, 0.29) is 24.0 Å². The van der Waals surface area contributed by atoms with Crippen molar-refractivity contribution >= 4 is 29.9 Å². The predicted molar refractivity (Wildman–Crippen MR) is 125 cm³/mol.